The fraction of sp³-hybridized carbons (Fsp3) is 0.190. The number of fused-ring (bicyclic) bond motifs is 1. The molecule has 1 amide bonds. The van der Waals surface area contributed by atoms with Crippen LogP contribution >= 0.6 is 0 Å². The van der Waals surface area contributed by atoms with Gasteiger partial charge >= 0.3 is 0 Å². The Labute approximate surface area is 162 Å². The molecule has 28 heavy (non-hydrogen) atoms. The van der Waals surface area contributed by atoms with Crippen LogP contribution in [0.1, 0.15) is 12.5 Å². The highest BCUT2D eigenvalue weighted by molar-refractivity contribution is 5.80. The second-order valence-corrected chi connectivity index (χ2v) is 6.28. The zero-order chi connectivity index (χ0) is 19.3. The lowest BCUT2D eigenvalue weighted by Crippen LogP contribution is -2.35. The van der Waals surface area contributed by atoms with Crippen molar-refractivity contribution in [2.45, 2.75) is 19.6 Å². The van der Waals surface area contributed by atoms with Gasteiger partial charge in [-0.3, -0.25) is 14.8 Å². The van der Waals surface area contributed by atoms with Gasteiger partial charge in [0.25, 0.3) is 5.91 Å². The minimum atomic E-state index is -0.653. The highest BCUT2D eigenvalue weighted by atomic mass is 16.7. The first-order valence-electron chi connectivity index (χ1n) is 8.88. The number of nitrogens with zero attached hydrogens (tertiary/aromatic N) is 2. The molecule has 3 heterocycles. The van der Waals surface area contributed by atoms with E-state index < -0.39 is 6.10 Å². The van der Waals surface area contributed by atoms with Crippen LogP contribution in [0.4, 0.5) is 0 Å². The number of benzene rings is 1. The van der Waals surface area contributed by atoms with Crippen molar-refractivity contribution in [3.8, 4) is 28.5 Å². The fourth-order valence-corrected chi connectivity index (χ4v) is 2.80. The van der Waals surface area contributed by atoms with E-state index in [4.69, 9.17) is 14.2 Å². The minimum absolute atomic E-state index is 0.196. The molecule has 1 atom stereocenters. The van der Waals surface area contributed by atoms with E-state index in [0.717, 1.165) is 16.8 Å². The van der Waals surface area contributed by atoms with E-state index in [-0.39, 0.29) is 12.7 Å². The summed E-state index contributed by atoms with van der Waals surface area (Å²) in [5, 5.41) is 2.89. The number of hydrogen-bond acceptors (Lipinski definition) is 6. The van der Waals surface area contributed by atoms with Gasteiger partial charge in [0.05, 0.1) is 5.69 Å². The monoisotopic (exact) mass is 377 g/mol. The van der Waals surface area contributed by atoms with E-state index in [1.807, 2.05) is 24.3 Å². The summed E-state index contributed by atoms with van der Waals surface area (Å²) >= 11 is 0. The molecule has 0 aliphatic carbocycles. The topological polar surface area (TPSA) is 82.6 Å². The summed E-state index contributed by atoms with van der Waals surface area (Å²) in [5.41, 5.74) is 2.68. The maximum absolute atomic E-state index is 12.4. The third-order valence-electron chi connectivity index (χ3n) is 4.27. The third-order valence-corrected chi connectivity index (χ3v) is 4.27. The summed E-state index contributed by atoms with van der Waals surface area (Å²) in [6, 6.07) is 12.8. The molecule has 142 valence electrons. The predicted octanol–water partition coefficient (Wildman–Crippen LogP) is 2.96. The SMILES string of the molecule is CC(Oc1ccc2c(c1)OCO2)C(=O)NCc1ccnc(-c2cccnc2)c1. The van der Waals surface area contributed by atoms with Crippen molar-refractivity contribution in [3.05, 3.63) is 66.6 Å². The molecule has 1 aliphatic rings. The number of hydrogen-bond donors (Lipinski definition) is 1. The Morgan fingerprint density at radius 2 is 2.07 bits per heavy atom. The smallest absolute Gasteiger partial charge is 0.261 e. The predicted molar refractivity (Wildman–Crippen MR) is 102 cm³/mol. The molecule has 0 saturated heterocycles. The molecular formula is C21H19N3O4. The summed E-state index contributed by atoms with van der Waals surface area (Å²) in [6.07, 6.45) is 4.54. The van der Waals surface area contributed by atoms with Gasteiger partial charge in [0.2, 0.25) is 6.79 Å². The number of ether oxygens (including phenoxy) is 3. The van der Waals surface area contributed by atoms with Gasteiger partial charge in [0, 0.05) is 36.8 Å². The van der Waals surface area contributed by atoms with Gasteiger partial charge in [-0.1, -0.05) is 0 Å². The van der Waals surface area contributed by atoms with Gasteiger partial charge < -0.3 is 19.5 Å². The first-order valence-corrected chi connectivity index (χ1v) is 8.88. The van der Waals surface area contributed by atoms with E-state index in [1.54, 1.807) is 43.7 Å². The molecule has 4 rings (SSSR count). The Morgan fingerprint density at radius 1 is 1.18 bits per heavy atom. The first-order chi connectivity index (χ1) is 13.7. The van der Waals surface area contributed by atoms with Gasteiger partial charge in [-0.15, -0.1) is 0 Å². The molecular weight excluding hydrogens is 358 g/mol. The molecule has 0 bridgehead atoms. The van der Waals surface area contributed by atoms with Crippen molar-refractivity contribution in [2.75, 3.05) is 6.79 Å². The Bertz CT molecular complexity index is 978. The number of aromatic nitrogens is 2. The summed E-state index contributed by atoms with van der Waals surface area (Å²) in [6.45, 7) is 2.28. The van der Waals surface area contributed by atoms with E-state index >= 15 is 0 Å². The highest BCUT2D eigenvalue weighted by Gasteiger charge is 2.18. The van der Waals surface area contributed by atoms with Crippen LogP contribution in [0.15, 0.2) is 61.1 Å². The van der Waals surface area contributed by atoms with Crippen LogP contribution in [0.5, 0.6) is 17.2 Å². The number of carbonyl (C=O) groups excluding carboxylic acids is 1. The number of carbonyl (C=O) groups is 1. The van der Waals surface area contributed by atoms with Crippen LogP contribution < -0.4 is 19.5 Å². The maximum Gasteiger partial charge on any atom is 0.261 e. The molecule has 1 aromatic carbocycles. The lowest BCUT2D eigenvalue weighted by atomic mass is 10.1. The van der Waals surface area contributed by atoms with Gasteiger partial charge in [-0.05, 0) is 48.9 Å². The molecule has 1 unspecified atom stereocenters. The molecule has 7 nitrogen and oxygen atoms in total. The van der Waals surface area contributed by atoms with Crippen molar-refractivity contribution in [1.82, 2.24) is 15.3 Å². The highest BCUT2D eigenvalue weighted by Crippen LogP contribution is 2.35. The average molecular weight is 377 g/mol. The van der Waals surface area contributed by atoms with Crippen LogP contribution in [0, 0.1) is 0 Å². The normalized spacial score (nSPS) is 13.0. The molecule has 1 N–H and O–H groups in total. The summed E-state index contributed by atoms with van der Waals surface area (Å²) in [5.74, 6) is 1.63. The lowest BCUT2D eigenvalue weighted by molar-refractivity contribution is -0.127. The number of amides is 1. The summed E-state index contributed by atoms with van der Waals surface area (Å²) in [7, 11) is 0. The largest absolute Gasteiger partial charge is 0.481 e. The second kappa shape index (κ2) is 7.96. The van der Waals surface area contributed by atoms with Gasteiger partial charge in [0.1, 0.15) is 5.75 Å². The van der Waals surface area contributed by atoms with E-state index in [9.17, 15) is 4.79 Å². The van der Waals surface area contributed by atoms with Crippen LogP contribution in [0.25, 0.3) is 11.3 Å². The van der Waals surface area contributed by atoms with E-state index in [2.05, 4.69) is 15.3 Å². The molecule has 7 heteroatoms. The molecule has 0 fully saturated rings. The van der Waals surface area contributed by atoms with Crippen molar-refractivity contribution in [1.29, 1.82) is 0 Å². The Morgan fingerprint density at radius 3 is 2.93 bits per heavy atom. The molecule has 2 aromatic heterocycles. The number of nitrogens with one attached hydrogen (secondary N) is 1. The average Bonchev–Trinajstić information content (AvgIpc) is 3.20. The number of rotatable bonds is 6. The quantitative estimate of drug-likeness (QED) is 0.711. The molecule has 0 saturated carbocycles. The van der Waals surface area contributed by atoms with E-state index in [1.165, 1.54) is 0 Å². The van der Waals surface area contributed by atoms with Crippen LogP contribution in [-0.4, -0.2) is 28.8 Å². The fourth-order valence-electron chi connectivity index (χ4n) is 2.80. The van der Waals surface area contributed by atoms with Crippen molar-refractivity contribution < 1.29 is 19.0 Å². The Balaban J connectivity index is 1.35. The Kier molecular flexibility index (Phi) is 5.05. The molecule has 3 aromatic rings. The Hall–Kier alpha value is -3.61. The summed E-state index contributed by atoms with van der Waals surface area (Å²) < 4.78 is 16.3. The van der Waals surface area contributed by atoms with Crippen molar-refractivity contribution in [2.24, 2.45) is 0 Å². The summed E-state index contributed by atoms with van der Waals surface area (Å²) in [4.78, 5) is 20.9. The third kappa shape index (κ3) is 4.03. The lowest BCUT2D eigenvalue weighted by Gasteiger charge is -2.15. The van der Waals surface area contributed by atoms with E-state index in [0.29, 0.717) is 23.8 Å². The molecule has 1 aliphatic heterocycles. The molecule has 0 spiro atoms. The maximum atomic E-state index is 12.4. The van der Waals surface area contributed by atoms with Crippen LogP contribution in [0.3, 0.4) is 0 Å². The zero-order valence-corrected chi connectivity index (χ0v) is 15.3. The van der Waals surface area contributed by atoms with Crippen molar-refractivity contribution >= 4 is 5.91 Å². The number of pyridine rings is 2. The molecule has 0 radical (unpaired) electrons. The van der Waals surface area contributed by atoms with Crippen LogP contribution in [-0.2, 0) is 11.3 Å². The second-order valence-electron chi connectivity index (χ2n) is 6.28. The van der Waals surface area contributed by atoms with Gasteiger partial charge in [-0.2, -0.15) is 0 Å². The standard InChI is InChI=1S/C21H19N3O4/c1-14(28-17-4-5-19-20(10-17)27-13-26-19)21(25)24-11-15-6-8-23-18(9-15)16-3-2-7-22-12-16/h2-10,12,14H,11,13H2,1H3,(H,24,25). The zero-order valence-electron chi connectivity index (χ0n) is 15.3. The van der Waals surface area contributed by atoms with Gasteiger partial charge in [0.15, 0.2) is 17.6 Å². The first kappa shape index (κ1) is 17.8. The van der Waals surface area contributed by atoms with Crippen molar-refractivity contribution in [3.63, 3.8) is 0 Å². The van der Waals surface area contributed by atoms with Crippen LogP contribution in [0.2, 0.25) is 0 Å². The minimum Gasteiger partial charge on any atom is -0.481 e. The van der Waals surface area contributed by atoms with Gasteiger partial charge in [-0.25, -0.2) is 0 Å².